The van der Waals surface area contributed by atoms with Gasteiger partial charge in [0.05, 0.1) is 13.2 Å². The SMILES string of the molecule is COC[C@H](C)Oc1cc(C#Cc2cccc(OCCc3ccsc3)c2)cc(C(=O)Nc2ccn(C)n2)c1. The topological polar surface area (TPSA) is 74.6 Å². The van der Waals surface area contributed by atoms with Gasteiger partial charge in [-0.15, -0.1) is 0 Å². The zero-order valence-corrected chi connectivity index (χ0v) is 21.9. The number of nitrogens with zero attached hydrogens (tertiary/aromatic N) is 2. The van der Waals surface area contributed by atoms with E-state index < -0.39 is 0 Å². The molecule has 0 aliphatic carbocycles. The van der Waals surface area contributed by atoms with Crippen molar-refractivity contribution in [3.8, 4) is 23.3 Å². The third-order valence-corrected chi connectivity index (χ3v) is 6.02. The van der Waals surface area contributed by atoms with Gasteiger partial charge in [0.1, 0.15) is 17.6 Å². The predicted molar refractivity (Wildman–Crippen MR) is 146 cm³/mol. The van der Waals surface area contributed by atoms with Crippen molar-refractivity contribution in [1.82, 2.24) is 9.78 Å². The number of aryl methyl sites for hydroxylation is 1. The molecule has 0 bridgehead atoms. The molecule has 2 aromatic heterocycles. The first-order valence-electron chi connectivity index (χ1n) is 11.9. The summed E-state index contributed by atoms with van der Waals surface area (Å²) in [5.41, 5.74) is 3.15. The molecule has 4 rings (SSSR count). The lowest BCUT2D eigenvalue weighted by Crippen LogP contribution is -2.19. The molecule has 7 nitrogen and oxygen atoms in total. The Labute approximate surface area is 221 Å². The van der Waals surface area contributed by atoms with Crippen molar-refractivity contribution < 1.29 is 19.0 Å². The van der Waals surface area contributed by atoms with Gasteiger partial charge in [-0.2, -0.15) is 16.4 Å². The summed E-state index contributed by atoms with van der Waals surface area (Å²) in [4.78, 5) is 12.9. The van der Waals surface area contributed by atoms with Crippen LogP contribution in [0.1, 0.15) is 34.0 Å². The van der Waals surface area contributed by atoms with E-state index in [4.69, 9.17) is 14.2 Å². The van der Waals surface area contributed by atoms with Crippen molar-refractivity contribution in [3.05, 3.63) is 93.8 Å². The molecule has 2 heterocycles. The Kier molecular flexibility index (Phi) is 8.98. The van der Waals surface area contributed by atoms with E-state index in [-0.39, 0.29) is 12.0 Å². The van der Waals surface area contributed by atoms with Crippen LogP contribution < -0.4 is 14.8 Å². The summed E-state index contributed by atoms with van der Waals surface area (Å²) in [5, 5.41) is 11.2. The van der Waals surface area contributed by atoms with Crippen LogP contribution in [-0.4, -0.2) is 42.1 Å². The standard InChI is InChI=1S/C29H29N3O4S/c1-21(19-34-3)36-27-17-24(15-25(18-27)29(33)30-28-9-12-32(2)31-28)8-7-22-5-4-6-26(16-22)35-13-10-23-11-14-37-20-23/h4-6,9,11-12,14-18,20-21H,10,13,19H2,1-3H3,(H,30,31,33)/t21-/m0/s1. The maximum absolute atomic E-state index is 12.9. The molecular weight excluding hydrogens is 486 g/mol. The minimum absolute atomic E-state index is 0.192. The number of amides is 1. The third-order valence-electron chi connectivity index (χ3n) is 5.29. The maximum Gasteiger partial charge on any atom is 0.257 e. The second kappa shape index (κ2) is 12.8. The Balaban J connectivity index is 1.52. The Morgan fingerprint density at radius 3 is 2.70 bits per heavy atom. The van der Waals surface area contributed by atoms with Crippen LogP contribution in [0.3, 0.4) is 0 Å². The number of methoxy groups -OCH3 is 1. The first-order valence-corrected chi connectivity index (χ1v) is 12.8. The zero-order chi connectivity index (χ0) is 26.0. The van der Waals surface area contributed by atoms with Gasteiger partial charge in [0, 0.05) is 49.5 Å². The highest BCUT2D eigenvalue weighted by atomic mass is 32.1. The molecule has 1 N–H and O–H groups in total. The molecule has 0 aliphatic rings. The number of ether oxygens (including phenoxy) is 3. The van der Waals surface area contributed by atoms with Gasteiger partial charge in [0.25, 0.3) is 5.91 Å². The number of benzene rings is 2. The average Bonchev–Trinajstić information content (AvgIpc) is 3.55. The quantitative estimate of drug-likeness (QED) is 0.295. The number of aromatic nitrogens is 2. The van der Waals surface area contributed by atoms with Crippen molar-refractivity contribution >= 4 is 23.1 Å². The fourth-order valence-electron chi connectivity index (χ4n) is 3.57. The lowest BCUT2D eigenvalue weighted by atomic mass is 10.1. The van der Waals surface area contributed by atoms with Gasteiger partial charge in [-0.3, -0.25) is 9.48 Å². The van der Waals surface area contributed by atoms with Crippen molar-refractivity contribution in [2.45, 2.75) is 19.4 Å². The highest BCUT2D eigenvalue weighted by Gasteiger charge is 2.13. The van der Waals surface area contributed by atoms with E-state index in [1.54, 1.807) is 54.6 Å². The van der Waals surface area contributed by atoms with Crippen LogP contribution in [0.25, 0.3) is 0 Å². The molecular formula is C29H29N3O4S. The molecule has 0 fully saturated rings. The van der Waals surface area contributed by atoms with Gasteiger partial charge in [-0.1, -0.05) is 17.9 Å². The van der Waals surface area contributed by atoms with E-state index >= 15 is 0 Å². The minimum atomic E-state index is -0.299. The molecule has 2 aromatic carbocycles. The summed E-state index contributed by atoms with van der Waals surface area (Å²) >= 11 is 1.68. The molecule has 8 heteroatoms. The van der Waals surface area contributed by atoms with Gasteiger partial charge in [-0.25, -0.2) is 0 Å². The van der Waals surface area contributed by atoms with Crippen molar-refractivity contribution in [3.63, 3.8) is 0 Å². The molecule has 0 unspecified atom stereocenters. The summed E-state index contributed by atoms with van der Waals surface area (Å²) in [6.45, 7) is 2.92. The fourth-order valence-corrected chi connectivity index (χ4v) is 4.27. The number of hydrogen-bond acceptors (Lipinski definition) is 6. The van der Waals surface area contributed by atoms with E-state index in [1.807, 2.05) is 37.3 Å². The smallest absolute Gasteiger partial charge is 0.257 e. The number of carbonyl (C=O) groups is 1. The van der Waals surface area contributed by atoms with E-state index in [1.165, 1.54) is 5.56 Å². The van der Waals surface area contributed by atoms with Crippen molar-refractivity contribution in [2.24, 2.45) is 7.05 Å². The lowest BCUT2D eigenvalue weighted by Gasteiger charge is -2.15. The first kappa shape index (κ1) is 26.0. The molecule has 0 radical (unpaired) electrons. The molecule has 4 aromatic rings. The average molecular weight is 516 g/mol. The molecule has 1 amide bonds. The molecule has 0 saturated heterocycles. The summed E-state index contributed by atoms with van der Waals surface area (Å²) in [7, 11) is 3.41. The van der Waals surface area contributed by atoms with E-state index in [2.05, 4.69) is 39.1 Å². The number of rotatable bonds is 10. The molecule has 0 spiro atoms. The minimum Gasteiger partial charge on any atom is -0.493 e. The largest absolute Gasteiger partial charge is 0.493 e. The van der Waals surface area contributed by atoms with Gasteiger partial charge < -0.3 is 19.5 Å². The highest BCUT2D eigenvalue weighted by molar-refractivity contribution is 7.07. The number of carbonyl (C=O) groups excluding carboxylic acids is 1. The summed E-state index contributed by atoms with van der Waals surface area (Å²) in [5.74, 6) is 7.81. The Morgan fingerprint density at radius 2 is 1.95 bits per heavy atom. The number of anilines is 1. The summed E-state index contributed by atoms with van der Waals surface area (Å²) in [6, 6.07) is 16.8. The highest BCUT2D eigenvalue weighted by Crippen LogP contribution is 2.20. The lowest BCUT2D eigenvalue weighted by molar-refractivity contribution is 0.0917. The van der Waals surface area contributed by atoms with Crippen LogP contribution in [-0.2, 0) is 18.2 Å². The molecule has 37 heavy (non-hydrogen) atoms. The molecule has 1 atom stereocenters. The number of thiophene rings is 1. The molecule has 190 valence electrons. The van der Waals surface area contributed by atoms with Gasteiger partial charge in [0.15, 0.2) is 5.82 Å². The van der Waals surface area contributed by atoms with Gasteiger partial charge in [0.2, 0.25) is 0 Å². The number of hydrogen-bond donors (Lipinski definition) is 1. The molecule has 0 aliphatic heterocycles. The normalized spacial score (nSPS) is 11.3. The molecule has 0 saturated carbocycles. The Hall–Kier alpha value is -4.06. The van der Waals surface area contributed by atoms with Crippen molar-refractivity contribution in [2.75, 3.05) is 25.6 Å². The van der Waals surface area contributed by atoms with Crippen molar-refractivity contribution in [1.29, 1.82) is 0 Å². The van der Waals surface area contributed by atoms with Crippen LogP contribution >= 0.6 is 11.3 Å². The van der Waals surface area contributed by atoms with Crippen LogP contribution in [0.5, 0.6) is 11.5 Å². The van der Waals surface area contributed by atoms with E-state index in [0.717, 1.165) is 17.7 Å². The zero-order valence-electron chi connectivity index (χ0n) is 21.1. The van der Waals surface area contributed by atoms with Gasteiger partial charge in [-0.05, 0) is 65.7 Å². The second-order valence-corrected chi connectivity index (χ2v) is 9.25. The van der Waals surface area contributed by atoms with Crippen LogP contribution in [0.15, 0.2) is 71.6 Å². The van der Waals surface area contributed by atoms with Crippen LogP contribution in [0.2, 0.25) is 0 Å². The van der Waals surface area contributed by atoms with E-state index in [9.17, 15) is 4.79 Å². The van der Waals surface area contributed by atoms with Crippen LogP contribution in [0.4, 0.5) is 5.82 Å². The Bertz CT molecular complexity index is 1390. The summed E-state index contributed by atoms with van der Waals surface area (Å²) < 4.78 is 18.7. The third kappa shape index (κ3) is 7.97. The number of nitrogens with one attached hydrogen (secondary N) is 1. The Morgan fingerprint density at radius 1 is 1.11 bits per heavy atom. The van der Waals surface area contributed by atoms with Crippen LogP contribution in [0, 0.1) is 11.8 Å². The monoisotopic (exact) mass is 515 g/mol. The second-order valence-electron chi connectivity index (χ2n) is 8.47. The maximum atomic E-state index is 12.9. The summed E-state index contributed by atoms with van der Waals surface area (Å²) in [6.07, 6.45) is 2.43. The van der Waals surface area contributed by atoms with E-state index in [0.29, 0.717) is 35.9 Å². The predicted octanol–water partition coefficient (Wildman–Crippen LogP) is 5.17. The first-order chi connectivity index (χ1) is 18.0. The fraction of sp³-hybridized carbons (Fsp3) is 0.241. The van der Waals surface area contributed by atoms with Gasteiger partial charge >= 0.3 is 0 Å².